The van der Waals surface area contributed by atoms with E-state index in [-0.39, 0.29) is 17.7 Å². The van der Waals surface area contributed by atoms with Gasteiger partial charge in [-0.1, -0.05) is 30.3 Å². The predicted octanol–water partition coefficient (Wildman–Crippen LogP) is 5.08. The largest absolute Gasteiger partial charge is 0.326 e. The summed E-state index contributed by atoms with van der Waals surface area (Å²) in [6.07, 6.45) is 0. The zero-order valence-corrected chi connectivity index (χ0v) is 18.0. The number of rotatable bonds is 7. The van der Waals surface area contributed by atoms with Crippen molar-refractivity contribution in [3.05, 3.63) is 84.4 Å². The van der Waals surface area contributed by atoms with Crippen LogP contribution in [0.2, 0.25) is 0 Å². The number of hydrogen-bond donors (Lipinski definition) is 3. The zero-order valence-electron chi connectivity index (χ0n) is 17.2. The van der Waals surface area contributed by atoms with Gasteiger partial charge >= 0.3 is 0 Å². The van der Waals surface area contributed by atoms with Crippen molar-refractivity contribution < 1.29 is 14.4 Å². The lowest BCUT2D eigenvalue weighted by atomic mass is 10.1. The average molecular weight is 434 g/mol. The van der Waals surface area contributed by atoms with E-state index in [1.165, 1.54) is 25.6 Å². The molecule has 0 heterocycles. The van der Waals surface area contributed by atoms with Gasteiger partial charge in [-0.05, 0) is 54.1 Å². The van der Waals surface area contributed by atoms with E-state index in [0.29, 0.717) is 17.1 Å². The maximum Gasteiger partial charge on any atom is 0.242 e. The quantitative estimate of drug-likeness (QED) is 0.454. The van der Waals surface area contributed by atoms with E-state index >= 15 is 0 Å². The van der Waals surface area contributed by atoms with Crippen molar-refractivity contribution in [1.29, 1.82) is 0 Å². The molecule has 0 aromatic heterocycles. The summed E-state index contributed by atoms with van der Waals surface area (Å²) < 4.78 is 0. The Hall–Kier alpha value is -3.58. The third-order valence-electron chi connectivity index (χ3n) is 4.24. The summed E-state index contributed by atoms with van der Waals surface area (Å²) in [7, 11) is 0. The van der Waals surface area contributed by atoms with Gasteiger partial charge in [0.25, 0.3) is 0 Å². The van der Waals surface area contributed by atoms with E-state index < -0.39 is 5.25 Å². The Morgan fingerprint density at radius 1 is 0.645 bits per heavy atom. The molecular weight excluding hydrogens is 410 g/mol. The zero-order chi connectivity index (χ0) is 22.2. The first-order valence-corrected chi connectivity index (χ1v) is 10.6. The molecule has 0 spiro atoms. The Labute approximate surface area is 185 Å². The highest BCUT2D eigenvalue weighted by Gasteiger charge is 2.22. The molecule has 3 N–H and O–H groups in total. The Balaban J connectivity index is 1.76. The van der Waals surface area contributed by atoms with Crippen LogP contribution in [0.25, 0.3) is 0 Å². The second kappa shape index (κ2) is 10.4. The van der Waals surface area contributed by atoms with Gasteiger partial charge in [0, 0.05) is 35.8 Å². The fourth-order valence-electron chi connectivity index (χ4n) is 2.90. The average Bonchev–Trinajstić information content (AvgIpc) is 2.74. The van der Waals surface area contributed by atoms with Gasteiger partial charge in [-0.3, -0.25) is 14.4 Å². The van der Waals surface area contributed by atoms with Crippen LogP contribution in [0.4, 0.5) is 17.1 Å². The molecule has 0 aliphatic heterocycles. The summed E-state index contributed by atoms with van der Waals surface area (Å²) in [5.41, 5.74) is 2.89. The van der Waals surface area contributed by atoms with Gasteiger partial charge in [0.05, 0.1) is 0 Å². The second-order valence-corrected chi connectivity index (χ2v) is 8.04. The minimum absolute atomic E-state index is 0.133. The van der Waals surface area contributed by atoms with Crippen LogP contribution in [-0.4, -0.2) is 17.7 Å². The fourth-order valence-corrected chi connectivity index (χ4v) is 3.93. The van der Waals surface area contributed by atoms with Crippen LogP contribution in [-0.2, 0) is 14.4 Å². The first kappa shape index (κ1) is 22.1. The molecule has 3 aromatic rings. The highest BCUT2D eigenvalue weighted by molar-refractivity contribution is 8.00. The maximum absolute atomic E-state index is 13.1. The number of carbonyl (C=O) groups is 3. The first-order valence-electron chi connectivity index (χ1n) is 9.68. The summed E-state index contributed by atoms with van der Waals surface area (Å²) in [6.45, 7) is 2.90. The van der Waals surface area contributed by atoms with E-state index in [1.807, 2.05) is 54.6 Å². The van der Waals surface area contributed by atoms with Crippen LogP contribution in [0.5, 0.6) is 0 Å². The molecule has 1 unspecified atom stereocenters. The van der Waals surface area contributed by atoms with Crippen LogP contribution in [0.1, 0.15) is 24.7 Å². The molecular formula is C24H23N3O3S. The molecule has 3 rings (SSSR count). The SMILES string of the molecule is CC(=O)Nc1ccc(NC(=O)C(Sc2ccc(NC(C)=O)cc2)c2ccccc2)cc1. The predicted molar refractivity (Wildman–Crippen MR) is 125 cm³/mol. The number of anilines is 3. The van der Waals surface area contributed by atoms with Gasteiger partial charge in [0.15, 0.2) is 0 Å². The fraction of sp³-hybridized carbons (Fsp3) is 0.125. The molecule has 7 heteroatoms. The van der Waals surface area contributed by atoms with E-state index in [0.717, 1.165) is 10.5 Å². The molecule has 0 bridgehead atoms. The third-order valence-corrected chi connectivity index (χ3v) is 5.51. The minimum atomic E-state index is -0.470. The number of thioether (sulfide) groups is 1. The second-order valence-electron chi connectivity index (χ2n) is 6.86. The summed E-state index contributed by atoms with van der Waals surface area (Å²) in [6, 6.07) is 23.9. The van der Waals surface area contributed by atoms with Crippen molar-refractivity contribution in [2.75, 3.05) is 16.0 Å². The lowest BCUT2D eigenvalue weighted by molar-refractivity contribution is -0.116. The van der Waals surface area contributed by atoms with E-state index in [4.69, 9.17) is 0 Å². The molecule has 6 nitrogen and oxygen atoms in total. The smallest absolute Gasteiger partial charge is 0.242 e. The topological polar surface area (TPSA) is 87.3 Å². The highest BCUT2D eigenvalue weighted by Crippen LogP contribution is 2.36. The molecule has 0 saturated carbocycles. The van der Waals surface area contributed by atoms with Crippen molar-refractivity contribution in [3.63, 3.8) is 0 Å². The molecule has 0 aliphatic rings. The van der Waals surface area contributed by atoms with E-state index in [2.05, 4.69) is 16.0 Å². The third kappa shape index (κ3) is 6.72. The molecule has 3 amide bonds. The Morgan fingerprint density at radius 3 is 1.58 bits per heavy atom. The van der Waals surface area contributed by atoms with Crippen molar-refractivity contribution in [2.24, 2.45) is 0 Å². The number of carbonyl (C=O) groups excluding carboxylic acids is 3. The molecule has 31 heavy (non-hydrogen) atoms. The van der Waals surface area contributed by atoms with Gasteiger partial charge in [0.2, 0.25) is 17.7 Å². The van der Waals surface area contributed by atoms with Crippen LogP contribution in [0, 0.1) is 0 Å². The van der Waals surface area contributed by atoms with Crippen molar-refractivity contribution in [3.8, 4) is 0 Å². The highest BCUT2D eigenvalue weighted by atomic mass is 32.2. The van der Waals surface area contributed by atoms with Crippen LogP contribution < -0.4 is 16.0 Å². The van der Waals surface area contributed by atoms with E-state index in [1.54, 1.807) is 24.3 Å². The molecule has 1 atom stereocenters. The van der Waals surface area contributed by atoms with Crippen LogP contribution in [0.3, 0.4) is 0 Å². The van der Waals surface area contributed by atoms with Crippen molar-refractivity contribution >= 4 is 46.5 Å². The molecule has 0 fully saturated rings. The summed E-state index contributed by atoms with van der Waals surface area (Å²) in [5.74, 6) is -0.442. The lowest BCUT2D eigenvalue weighted by Crippen LogP contribution is -2.19. The lowest BCUT2D eigenvalue weighted by Gasteiger charge is -2.17. The Morgan fingerprint density at radius 2 is 1.10 bits per heavy atom. The molecule has 0 radical (unpaired) electrons. The number of hydrogen-bond acceptors (Lipinski definition) is 4. The summed E-state index contributed by atoms with van der Waals surface area (Å²) in [4.78, 5) is 36.4. The van der Waals surface area contributed by atoms with Crippen molar-refractivity contribution in [2.45, 2.75) is 24.0 Å². The number of nitrogens with one attached hydrogen (secondary N) is 3. The normalized spacial score (nSPS) is 11.3. The van der Waals surface area contributed by atoms with Crippen LogP contribution >= 0.6 is 11.8 Å². The Bertz CT molecular complexity index is 1050. The van der Waals surface area contributed by atoms with Gasteiger partial charge < -0.3 is 16.0 Å². The summed E-state index contributed by atoms with van der Waals surface area (Å²) in [5, 5.41) is 7.92. The monoisotopic (exact) mass is 433 g/mol. The number of benzene rings is 3. The van der Waals surface area contributed by atoms with Gasteiger partial charge in [-0.2, -0.15) is 0 Å². The molecule has 158 valence electrons. The Kier molecular flexibility index (Phi) is 7.45. The van der Waals surface area contributed by atoms with Crippen molar-refractivity contribution in [1.82, 2.24) is 0 Å². The maximum atomic E-state index is 13.1. The first-order chi connectivity index (χ1) is 14.9. The van der Waals surface area contributed by atoms with E-state index in [9.17, 15) is 14.4 Å². The standard InChI is InChI=1S/C24H23N3O3S/c1-16(28)25-19-8-10-21(11-9-19)27-24(30)23(18-6-4-3-5-7-18)31-22-14-12-20(13-15-22)26-17(2)29/h3-15,23H,1-2H3,(H,25,28)(H,26,29)(H,27,30). The molecule has 0 saturated heterocycles. The van der Waals surface area contributed by atoms with Gasteiger partial charge in [-0.25, -0.2) is 0 Å². The summed E-state index contributed by atoms with van der Waals surface area (Å²) >= 11 is 1.43. The molecule has 3 aromatic carbocycles. The number of amides is 3. The van der Waals surface area contributed by atoms with Gasteiger partial charge in [-0.15, -0.1) is 11.8 Å². The van der Waals surface area contributed by atoms with Gasteiger partial charge in [0.1, 0.15) is 5.25 Å². The minimum Gasteiger partial charge on any atom is -0.326 e. The molecule has 0 aliphatic carbocycles. The van der Waals surface area contributed by atoms with Crippen LogP contribution in [0.15, 0.2) is 83.8 Å².